The zero-order chi connectivity index (χ0) is 15.0. The Balaban J connectivity index is 1.78. The van der Waals surface area contributed by atoms with E-state index in [-0.39, 0.29) is 6.04 Å². The van der Waals surface area contributed by atoms with E-state index >= 15 is 0 Å². The van der Waals surface area contributed by atoms with Gasteiger partial charge in [0, 0.05) is 42.2 Å². The molecule has 21 heavy (non-hydrogen) atoms. The van der Waals surface area contributed by atoms with Gasteiger partial charge >= 0.3 is 11.8 Å². The summed E-state index contributed by atoms with van der Waals surface area (Å²) in [7, 11) is 0. The summed E-state index contributed by atoms with van der Waals surface area (Å²) in [6, 6.07) is 5.60. The molecule has 0 aliphatic carbocycles. The molecule has 0 aromatic heterocycles. The van der Waals surface area contributed by atoms with E-state index in [1.807, 2.05) is 12.1 Å². The van der Waals surface area contributed by atoms with Gasteiger partial charge in [-0.05, 0) is 17.7 Å². The third-order valence-corrected chi connectivity index (χ3v) is 4.73. The first-order chi connectivity index (χ1) is 10.1. The molecule has 2 saturated heterocycles. The topological polar surface area (TPSA) is 52.7 Å². The van der Waals surface area contributed by atoms with Crippen molar-refractivity contribution < 1.29 is 9.59 Å². The average Bonchev–Trinajstić information content (AvgIpc) is 2.47. The van der Waals surface area contributed by atoms with Crippen LogP contribution in [0.2, 0.25) is 5.02 Å². The van der Waals surface area contributed by atoms with Gasteiger partial charge in [0.2, 0.25) is 0 Å². The number of nitrogens with one attached hydrogen (secondary N) is 1. The lowest BCUT2D eigenvalue weighted by molar-refractivity contribution is -0.160. The van der Waals surface area contributed by atoms with Crippen molar-refractivity contribution in [3.05, 3.63) is 33.3 Å². The average molecular weight is 373 g/mol. The Morgan fingerprint density at radius 1 is 1.33 bits per heavy atom. The molecule has 0 radical (unpaired) electrons. The molecule has 3 rings (SSSR count). The maximum absolute atomic E-state index is 12.2. The number of amides is 2. The quantitative estimate of drug-likeness (QED) is 0.795. The van der Waals surface area contributed by atoms with Crippen molar-refractivity contribution in [1.82, 2.24) is 15.1 Å². The summed E-state index contributed by atoms with van der Waals surface area (Å²) >= 11 is 9.55. The van der Waals surface area contributed by atoms with Gasteiger partial charge in [0.1, 0.15) is 0 Å². The van der Waals surface area contributed by atoms with Crippen LogP contribution in [0.1, 0.15) is 5.56 Å². The summed E-state index contributed by atoms with van der Waals surface area (Å²) in [5.41, 5.74) is 0.846. The predicted octanol–water partition coefficient (Wildman–Crippen LogP) is 1.25. The highest BCUT2D eigenvalue weighted by molar-refractivity contribution is 9.10. The molecule has 0 spiro atoms. The number of benzene rings is 1. The monoisotopic (exact) mass is 371 g/mol. The Labute approximate surface area is 136 Å². The van der Waals surface area contributed by atoms with E-state index in [1.165, 1.54) is 0 Å². The summed E-state index contributed by atoms with van der Waals surface area (Å²) in [5, 5.41) is 3.85. The molecular formula is C14H15BrClN3O2. The molecule has 1 unspecified atom stereocenters. The van der Waals surface area contributed by atoms with Crippen molar-refractivity contribution in [2.75, 3.05) is 26.2 Å². The number of carbonyl (C=O) groups is 2. The fourth-order valence-corrected chi connectivity index (χ4v) is 3.51. The number of carbonyl (C=O) groups excluding carboxylic acids is 2. The van der Waals surface area contributed by atoms with Crippen LogP contribution in [0, 0.1) is 0 Å². The van der Waals surface area contributed by atoms with Crippen molar-refractivity contribution >= 4 is 39.3 Å². The van der Waals surface area contributed by atoms with Crippen LogP contribution in [0.5, 0.6) is 0 Å². The Hall–Kier alpha value is -1.11. The minimum absolute atomic E-state index is 0.0539. The fourth-order valence-electron chi connectivity index (χ4n) is 2.78. The molecule has 2 fully saturated rings. The van der Waals surface area contributed by atoms with Gasteiger partial charge in [-0.25, -0.2) is 0 Å². The lowest BCUT2D eigenvalue weighted by Gasteiger charge is -2.43. The lowest BCUT2D eigenvalue weighted by Crippen LogP contribution is -2.65. The Kier molecular flexibility index (Phi) is 4.19. The highest BCUT2D eigenvalue weighted by Crippen LogP contribution is 2.24. The molecule has 2 aliphatic heterocycles. The minimum Gasteiger partial charge on any atom is -0.328 e. The molecule has 7 heteroatoms. The first-order valence-electron chi connectivity index (χ1n) is 6.81. The third kappa shape index (κ3) is 2.93. The molecule has 1 atom stereocenters. The van der Waals surface area contributed by atoms with E-state index in [2.05, 4.69) is 21.2 Å². The van der Waals surface area contributed by atoms with Crippen LogP contribution in [-0.4, -0.2) is 53.8 Å². The maximum atomic E-state index is 12.2. The number of rotatable bonds is 2. The van der Waals surface area contributed by atoms with Gasteiger partial charge < -0.3 is 15.1 Å². The number of halogens is 2. The molecule has 1 aromatic rings. The number of fused-ring (bicyclic) bond motifs is 1. The highest BCUT2D eigenvalue weighted by Gasteiger charge is 2.39. The van der Waals surface area contributed by atoms with Gasteiger partial charge in [-0.15, -0.1) is 0 Å². The first kappa shape index (κ1) is 14.8. The van der Waals surface area contributed by atoms with Crippen LogP contribution in [0.25, 0.3) is 0 Å². The maximum Gasteiger partial charge on any atom is 0.312 e. The van der Waals surface area contributed by atoms with E-state index in [9.17, 15) is 9.59 Å². The smallest absolute Gasteiger partial charge is 0.312 e. The summed E-state index contributed by atoms with van der Waals surface area (Å²) in [6.45, 7) is 2.98. The van der Waals surface area contributed by atoms with Crippen LogP contribution in [-0.2, 0) is 16.1 Å². The van der Waals surface area contributed by atoms with Crippen molar-refractivity contribution in [3.63, 3.8) is 0 Å². The molecule has 0 saturated carbocycles. The molecule has 1 aromatic carbocycles. The van der Waals surface area contributed by atoms with Crippen molar-refractivity contribution in [2.24, 2.45) is 0 Å². The highest BCUT2D eigenvalue weighted by atomic mass is 79.9. The molecule has 2 amide bonds. The zero-order valence-electron chi connectivity index (χ0n) is 11.3. The van der Waals surface area contributed by atoms with Crippen molar-refractivity contribution in [3.8, 4) is 0 Å². The van der Waals surface area contributed by atoms with Gasteiger partial charge in [0.05, 0.1) is 6.04 Å². The van der Waals surface area contributed by atoms with E-state index in [1.54, 1.807) is 15.9 Å². The Morgan fingerprint density at radius 2 is 2.14 bits per heavy atom. The van der Waals surface area contributed by atoms with E-state index < -0.39 is 11.8 Å². The number of hydrogen-bond acceptors (Lipinski definition) is 3. The summed E-state index contributed by atoms with van der Waals surface area (Å²) in [6.07, 6.45) is 0. The number of nitrogens with zero attached hydrogens (tertiary/aromatic N) is 2. The second-order valence-corrected chi connectivity index (χ2v) is 6.60. The van der Waals surface area contributed by atoms with E-state index in [4.69, 9.17) is 11.6 Å². The van der Waals surface area contributed by atoms with E-state index in [0.29, 0.717) is 24.7 Å². The van der Waals surface area contributed by atoms with Crippen LogP contribution in [0.15, 0.2) is 22.7 Å². The van der Waals surface area contributed by atoms with Crippen LogP contribution < -0.4 is 5.32 Å². The molecule has 112 valence electrons. The number of hydrogen-bond donors (Lipinski definition) is 1. The van der Waals surface area contributed by atoms with Gasteiger partial charge in [0.25, 0.3) is 0 Å². The van der Waals surface area contributed by atoms with Crippen LogP contribution in [0.4, 0.5) is 0 Å². The molecule has 2 aliphatic rings. The standard InChI is InChI=1S/C14H15BrClN3O2/c15-10-2-1-9(12(16)5-10)7-18-8-11-6-17-3-4-19(11)14(21)13(18)20/h1-2,5,11,17H,3-4,6-8H2. The van der Waals surface area contributed by atoms with E-state index in [0.717, 1.165) is 23.1 Å². The summed E-state index contributed by atoms with van der Waals surface area (Å²) < 4.78 is 0.889. The van der Waals surface area contributed by atoms with Crippen LogP contribution >= 0.6 is 27.5 Å². The Morgan fingerprint density at radius 3 is 2.90 bits per heavy atom. The molecule has 1 N–H and O–H groups in total. The van der Waals surface area contributed by atoms with Gasteiger partial charge in [-0.2, -0.15) is 0 Å². The van der Waals surface area contributed by atoms with Gasteiger partial charge in [0.15, 0.2) is 0 Å². The fraction of sp³-hybridized carbons (Fsp3) is 0.429. The first-order valence-corrected chi connectivity index (χ1v) is 7.98. The largest absolute Gasteiger partial charge is 0.328 e. The molecule has 2 heterocycles. The molecule has 0 bridgehead atoms. The lowest BCUT2D eigenvalue weighted by atomic mass is 10.1. The van der Waals surface area contributed by atoms with Crippen LogP contribution in [0.3, 0.4) is 0 Å². The zero-order valence-corrected chi connectivity index (χ0v) is 13.7. The minimum atomic E-state index is -0.438. The predicted molar refractivity (Wildman–Crippen MR) is 82.9 cm³/mol. The van der Waals surface area contributed by atoms with Crippen molar-refractivity contribution in [2.45, 2.75) is 12.6 Å². The molecule has 5 nitrogen and oxygen atoms in total. The number of piperazine rings is 2. The second-order valence-electron chi connectivity index (χ2n) is 5.28. The molecular weight excluding hydrogens is 358 g/mol. The van der Waals surface area contributed by atoms with Gasteiger partial charge in [-0.3, -0.25) is 9.59 Å². The van der Waals surface area contributed by atoms with Crippen molar-refractivity contribution in [1.29, 1.82) is 0 Å². The normalized spacial score (nSPS) is 22.5. The second kappa shape index (κ2) is 5.94. The van der Waals surface area contributed by atoms with Gasteiger partial charge in [-0.1, -0.05) is 33.6 Å². The SMILES string of the molecule is O=C1C(=O)N2CCNCC2CN1Cc1ccc(Br)cc1Cl. The summed E-state index contributed by atoms with van der Waals surface area (Å²) in [5.74, 6) is -0.840. The Bertz CT molecular complexity index is 596. The third-order valence-electron chi connectivity index (χ3n) is 3.89. The summed E-state index contributed by atoms with van der Waals surface area (Å²) in [4.78, 5) is 27.7.